The summed E-state index contributed by atoms with van der Waals surface area (Å²) in [4.78, 5) is 25.6. The molecule has 1 heterocycles. The largest absolute Gasteiger partial charge is 0.465 e. The van der Waals surface area contributed by atoms with Gasteiger partial charge < -0.3 is 9.64 Å². The van der Waals surface area contributed by atoms with Crippen molar-refractivity contribution in [3.8, 4) is 0 Å². The first-order valence-electron chi connectivity index (χ1n) is 8.43. The summed E-state index contributed by atoms with van der Waals surface area (Å²) >= 11 is 0. The zero-order valence-corrected chi connectivity index (χ0v) is 14.6. The predicted molar refractivity (Wildman–Crippen MR) is 85.8 cm³/mol. The molecule has 1 saturated heterocycles. The van der Waals surface area contributed by atoms with Gasteiger partial charge in [-0.15, -0.1) is 0 Å². The summed E-state index contributed by atoms with van der Waals surface area (Å²) in [6.07, 6.45) is -4.19. The molecule has 0 aromatic heterocycles. The van der Waals surface area contributed by atoms with Gasteiger partial charge in [0, 0.05) is 13.1 Å². The van der Waals surface area contributed by atoms with E-state index in [0.29, 0.717) is 25.5 Å². The third kappa shape index (κ3) is 4.74. The number of carbonyl (C=O) groups is 2. The Morgan fingerprint density at radius 1 is 1.23 bits per heavy atom. The zero-order valence-electron chi connectivity index (χ0n) is 14.6. The molecule has 0 spiro atoms. The van der Waals surface area contributed by atoms with Crippen molar-refractivity contribution in [2.75, 3.05) is 19.7 Å². The van der Waals surface area contributed by atoms with Crippen molar-refractivity contribution in [2.24, 2.45) is 11.8 Å². The number of amides is 1. The monoisotopic (exact) mass is 375 g/mol. The third-order valence-corrected chi connectivity index (χ3v) is 4.21. The molecule has 0 saturated carbocycles. The van der Waals surface area contributed by atoms with Crippen LogP contribution in [0.15, 0.2) is 18.2 Å². The second-order valence-corrected chi connectivity index (χ2v) is 6.76. The van der Waals surface area contributed by atoms with Crippen molar-refractivity contribution in [1.82, 2.24) is 4.90 Å². The van der Waals surface area contributed by atoms with Crippen LogP contribution in [0.5, 0.6) is 0 Å². The van der Waals surface area contributed by atoms with Crippen molar-refractivity contribution < 1.29 is 31.9 Å². The lowest BCUT2D eigenvalue weighted by atomic mass is 9.96. The van der Waals surface area contributed by atoms with Gasteiger partial charge in [0.15, 0.2) is 0 Å². The van der Waals surface area contributed by atoms with Crippen LogP contribution in [0.1, 0.15) is 42.6 Å². The van der Waals surface area contributed by atoms with E-state index in [9.17, 15) is 27.2 Å². The van der Waals surface area contributed by atoms with Gasteiger partial charge in [0.2, 0.25) is 0 Å². The van der Waals surface area contributed by atoms with Crippen molar-refractivity contribution >= 4 is 11.9 Å². The fourth-order valence-corrected chi connectivity index (χ4v) is 2.77. The highest BCUT2D eigenvalue weighted by Gasteiger charge is 2.37. The fraction of sp³-hybridized carbons (Fsp3) is 0.556. The summed E-state index contributed by atoms with van der Waals surface area (Å²) in [6, 6.07) is 2.65. The molecule has 1 aromatic carbocycles. The minimum Gasteiger partial charge on any atom is -0.465 e. The van der Waals surface area contributed by atoms with Gasteiger partial charge in [-0.1, -0.05) is 19.9 Å². The first kappa shape index (κ1) is 20.2. The number of rotatable bonds is 4. The number of nitrogens with zero attached hydrogens (tertiary/aromatic N) is 1. The molecule has 2 rings (SSSR count). The summed E-state index contributed by atoms with van der Waals surface area (Å²) in [7, 11) is 0. The maximum absolute atomic E-state index is 14.1. The van der Waals surface area contributed by atoms with Crippen LogP contribution in [-0.2, 0) is 15.7 Å². The Balaban J connectivity index is 2.02. The highest BCUT2D eigenvalue weighted by Crippen LogP contribution is 2.33. The standard InChI is InChI=1S/C18H21F4NO3/c1-11(2)10-26-17(25)12-6-8-23(9-7-12)16(24)13-4-3-5-14(15(13)19)18(20,21)22/h3-5,11-12H,6-10H2,1-2H3. The summed E-state index contributed by atoms with van der Waals surface area (Å²) in [5, 5.41) is 0. The summed E-state index contributed by atoms with van der Waals surface area (Å²) in [6.45, 7) is 4.47. The van der Waals surface area contributed by atoms with Gasteiger partial charge in [-0.2, -0.15) is 13.2 Å². The number of hydrogen-bond donors (Lipinski definition) is 0. The van der Waals surface area contributed by atoms with Gasteiger partial charge in [0.25, 0.3) is 5.91 Å². The maximum atomic E-state index is 14.1. The Morgan fingerprint density at radius 3 is 2.38 bits per heavy atom. The molecule has 1 aliphatic heterocycles. The van der Waals surface area contributed by atoms with Crippen LogP contribution < -0.4 is 0 Å². The molecule has 4 nitrogen and oxygen atoms in total. The molecule has 144 valence electrons. The molecule has 1 aliphatic rings. The number of halogens is 4. The summed E-state index contributed by atoms with van der Waals surface area (Å²) < 4.78 is 57.6. The van der Waals surface area contributed by atoms with E-state index in [1.54, 1.807) is 0 Å². The number of carbonyl (C=O) groups excluding carboxylic acids is 2. The fourth-order valence-electron chi connectivity index (χ4n) is 2.77. The zero-order chi connectivity index (χ0) is 19.5. The van der Waals surface area contributed by atoms with Gasteiger partial charge in [0.05, 0.1) is 23.7 Å². The van der Waals surface area contributed by atoms with E-state index in [1.807, 2.05) is 13.8 Å². The van der Waals surface area contributed by atoms with Gasteiger partial charge >= 0.3 is 12.1 Å². The van der Waals surface area contributed by atoms with Crippen LogP contribution in [-0.4, -0.2) is 36.5 Å². The lowest BCUT2D eigenvalue weighted by Crippen LogP contribution is -2.41. The number of likely N-dealkylation sites (tertiary alicyclic amines) is 1. The summed E-state index contributed by atoms with van der Waals surface area (Å²) in [5.41, 5.74) is -2.07. The molecule has 0 radical (unpaired) electrons. The molecule has 0 aliphatic carbocycles. The minimum absolute atomic E-state index is 0.163. The normalized spacial score (nSPS) is 16.0. The number of hydrogen-bond acceptors (Lipinski definition) is 3. The van der Waals surface area contributed by atoms with Crippen LogP contribution in [0.4, 0.5) is 17.6 Å². The number of benzene rings is 1. The molecule has 26 heavy (non-hydrogen) atoms. The molecule has 0 unspecified atom stereocenters. The first-order valence-corrected chi connectivity index (χ1v) is 8.43. The topological polar surface area (TPSA) is 46.6 Å². The lowest BCUT2D eigenvalue weighted by molar-refractivity contribution is -0.151. The lowest BCUT2D eigenvalue weighted by Gasteiger charge is -2.31. The third-order valence-electron chi connectivity index (χ3n) is 4.21. The van der Waals surface area contributed by atoms with E-state index < -0.39 is 29.0 Å². The van der Waals surface area contributed by atoms with Crippen LogP contribution in [0.25, 0.3) is 0 Å². The van der Waals surface area contributed by atoms with E-state index in [0.717, 1.165) is 12.1 Å². The second kappa shape index (κ2) is 8.05. The Bertz CT molecular complexity index is 665. The number of piperidine rings is 1. The molecule has 0 N–H and O–H groups in total. The van der Waals surface area contributed by atoms with E-state index in [4.69, 9.17) is 4.74 Å². The predicted octanol–water partition coefficient (Wildman–Crippen LogP) is 3.90. The first-order chi connectivity index (χ1) is 12.1. The molecular weight excluding hydrogens is 354 g/mol. The Labute approximate surface area is 149 Å². The van der Waals surface area contributed by atoms with Crippen molar-refractivity contribution in [3.63, 3.8) is 0 Å². The number of alkyl halides is 3. The average Bonchev–Trinajstić information content (AvgIpc) is 2.58. The van der Waals surface area contributed by atoms with Crippen molar-refractivity contribution in [3.05, 3.63) is 35.1 Å². The molecule has 1 fully saturated rings. The van der Waals surface area contributed by atoms with Gasteiger partial charge in [-0.25, -0.2) is 4.39 Å². The Kier molecular flexibility index (Phi) is 6.26. The highest BCUT2D eigenvalue weighted by atomic mass is 19.4. The van der Waals surface area contributed by atoms with Crippen molar-refractivity contribution in [1.29, 1.82) is 0 Å². The van der Waals surface area contributed by atoms with Crippen LogP contribution in [0.3, 0.4) is 0 Å². The Hall–Kier alpha value is -2.12. The smallest absolute Gasteiger partial charge is 0.419 e. The molecule has 0 atom stereocenters. The van der Waals surface area contributed by atoms with Crippen LogP contribution >= 0.6 is 0 Å². The molecule has 1 aromatic rings. The summed E-state index contributed by atoms with van der Waals surface area (Å²) in [5.74, 6) is -2.85. The average molecular weight is 375 g/mol. The minimum atomic E-state index is -4.87. The second-order valence-electron chi connectivity index (χ2n) is 6.76. The molecule has 0 bridgehead atoms. The molecule has 8 heteroatoms. The van der Waals surface area contributed by atoms with Gasteiger partial charge in [-0.05, 0) is 30.9 Å². The van der Waals surface area contributed by atoms with E-state index >= 15 is 0 Å². The van der Waals surface area contributed by atoms with Crippen molar-refractivity contribution in [2.45, 2.75) is 32.9 Å². The SMILES string of the molecule is CC(C)COC(=O)C1CCN(C(=O)c2cccc(C(F)(F)F)c2F)CC1. The van der Waals surface area contributed by atoms with Gasteiger partial charge in [0.1, 0.15) is 5.82 Å². The van der Waals surface area contributed by atoms with Crippen LogP contribution in [0, 0.1) is 17.7 Å². The number of ether oxygens (including phenoxy) is 1. The van der Waals surface area contributed by atoms with Gasteiger partial charge in [-0.3, -0.25) is 9.59 Å². The van der Waals surface area contributed by atoms with Crippen LogP contribution in [0.2, 0.25) is 0 Å². The van der Waals surface area contributed by atoms with E-state index in [1.165, 1.54) is 4.90 Å². The molecule has 1 amide bonds. The number of esters is 1. The highest BCUT2D eigenvalue weighted by molar-refractivity contribution is 5.95. The maximum Gasteiger partial charge on any atom is 0.419 e. The van der Waals surface area contributed by atoms with E-state index in [2.05, 4.69) is 0 Å². The Morgan fingerprint density at radius 2 is 1.85 bits per heavy atom. The molecular formula is C18H21F4NO3. The van der Waals surface area contributed by atoms with E-state index in [-0.39, 0.29) is 30.9 Å². The quantitative estimate of drug-likeness (QED) is 0.592.